The van der Waals surface area contributed by atoms with Crippen LogP contribution in [0.4, 0.5) is 5.69 Å². The molecule has 1 aliphatic heterocycles. The minimum absolute atomic E-state index is 0.120. The summed E-state index contributed by atoms with van der Waals surface area (Å²) in [5.74, 6) is 1.86. The van der Waals surface area contributed by atoms with E-state index in [2.05, 4.69) is 15.7 Å². The Morgan fingerprint density at radius 3 is 3.00 bits per heavy atom. The van der Waals surface area contributed by atoms with Gasteiger partial charge in [0, 0.05) is 17.5 Å². The lowest BCUT2D eigenvalue weighted by Gasteiger charge is -2.12. The van der Waals surface area contributed by atoms with Gasteiger partial charge < -0.3 is 20.1 Å². The minimum Gasteiger partial charge on any atom is -0.493 e. The zero-order chi connectivity index (χ0) is 17.8. The molecule has 132 valence electrons. The summed E-state index contributed by atoms with van der Waals surface area (Å²) in [4.78, 5) is 12.2. The summed E-state index contributed by atoms with van der Waals surface area (Å²) in [7, 11) is 3.21. The van der Waals surface area contributed by atoms with Crippen molar-refractivity contribution in [2.75, 3.05) is 25.3 Å². The van der Waals surface area contributed by atoms with E-state index in [1.165, 1.54) is 11.8 Å². The number of nitrogens with zero attached hydrogens (tertiary/aromatic N) is 2. The van der Waals surface area contributed by atoms with Gasteiger partial charge in [0.2, 0.25) is 5.91 Å². The van der Waals surface area contributed by atoms with Crippen LogP contribution in [0, 0.1) is 0 Å². The van der Waals surface area contributed by atoms with E-state index in [9.17, 15) is 4.79 Å². The maximum absolute atomic E-state index is 12.2. The highest BCUT2D eigenvalue weighted by atomic mass is 32.2. The molecule has 2 aromatic rings. The number of thioether (sulfide) groups is 1. The van der Waals surface area contributed by atoms with Crippen molar-refractivity contribution in [1.29, 1.82) is 0 Å². The average molecular weight is 378 g/mol. The molecule has 3 rings (SSSR count). The zero-order valence-corrected chi connectivity index (χ0v) is 15.4. The summed E-state index contributed by atoms with van der Waals surface area (Å²) in [6.45, 7) is 0.498. The molecule has 2 heterocycles. The largest absolute Gasteiger partial charge is 0.493 e. The fourth-order valence-electron chi connectivity index (χ4n) is 2.52. The molecule has 9 heteroatoms. The molecular formula is C16H18N4O3S2. The molecule has 2 N–H and O–H groups in total. The van der Waals surface area contributed by atoms with Crippen molar-refractivity contribution in [3.8, 4) is 11.5 Å². The minimum atomic E-state index is -0.306. The number of methoxy groups -OCH3 is 2. The first-order valence-electron chi connectivity index (χ1n) is 7.57. The summed E-state index contributed by atoms with van der Waals surface area (Å²) < 4.78 is 13.1. The highest BCUT2D eigenvalue weighted by molar-refractivity contribution is 8.23. The number of benzene rings is 1. The monoisotopic (exact) mass is 378 g/mol. The van der Waals surface area contributed by atoms with Crippen LogP contribution < -0.4 is 20.1 Å². The lowest BCUT2D eigenvalue weighted by atomic mass is 10.2. The van der Waals surface area contributed by atoms with E-state index in [-0.39, 0.29) is 11.9 Å². The van der Waals surface area contributed by atoms with Crippen LogP contribution in [0.3, 0.4) is 0 Å². The number of para-hydroxylation sites is 1. The van der Waals surface area contributed by atoms with Gasteiger partial charge in [-0.05, 0) is 6.07 Å². The predicted octanol–water partition coefficient (Wildman–Crippen LogP) is 1.88. The molecule has 1 aromatic carbocycles. The first-order valence-corrected chi connectivity index (χ1v) is 8.96. The van der Waals surface area contributed by atoms with E-state index in [4.69, 9.17) is 21.7 Å². The summed E-state index contributed by atoms with van der Waals surface area (Å²) in [6.07, 6.45) is 3.39. The summed E-state index contributed by atoms with van der Waals surface area (Å²) in [5.41, 5.74) is 1.57. The van der Waals surface area contributed by atoms with Gasteiger partial charge in [-0.2, -0.15) is 5.10 Å². The quantitative estimate of drug-likeness (QED) is 0.743. The predicted molar refractivity (Wildman–Crippen MR) is 101 cm³/mol. The van der Waals surface area contributed by atoms with Crippen molar-refractivity contribution in [3.05, 3.63) is 36.2 Å². The third-order valence-electron chi connectivity index (χ3n) is 3.71. The molecule has 1 saturated heterocycles. The molecule has 7 nitrogen and oxygen atoms in total. The van der Waals surface area contributed by atoms with Crippen molar-refractivity contribution in [2.45, 2.75) is 12.6 Å². The second-order valence-corrected chi connectivity index (χ2v) is 7.06. The Kier molecular flexibility index (Phi) is 5.44. The number of anilines is 1. The van der Waals surface area contributed by atoms with Crippen LogP contribution >= 0.6 is 24.0 Å². The molecule has 1 aliphatic rings. The standard InChI is InChI=1S/C16H18N4O3S2/c1-22-13-5-3-4-10(14(13)23-2)7-20-8-11(6-17-20)18-15(21)12-9-25-16(24)19-12/h3-6,8,12H,7,9H2,1-2H3,(H,18,21)(H,19,24). The summed E-state index contributed by atoms with van der Waals surface area (Å²) >= 11 is 6.51. The van der Waals surface area contributed by atoms with Gasteiger partial charge in [0.05, 0.1) is 32.6 Å². The summed E-state index contributed by atoms with van der Waals surface area (Å²) in [5, 5.41) is 10.1. The van der Waals surface area contributed by atoms with Crippen LogP contribution in [0.1, 0.15) is 5.56 Å². The molecule has 1 amide bonds. The fourth-order valence-corrected chi connectivity index (χ4v) is 3.65. The van der Waals surface area contributed by atoms with E-state index in [1.807, 2.05) is 18.2 Å². The molecule has 0 bridgehead atoms. The van der Waals surface area contributed by atoms with Crippen LogP contribution in [0.5, 0.6) is 11.5 Å². The third-order valence-corrected chi connectivity index (χ3v) is 5.06. The second-order valence-electron chi connectivity index (χ2n) is 5.36. The fraction of sp³-hybridized carbons (Fsp3) is 0.312. The smallest absolute Gasteiger partial charge is 0.247 e. The maximum atomic E-state index is 12.2. The van der Waals surface area contributed by atoms with Gasteiger partial charge in [0.1, 0.15) is 10.4 Å². The van der Waals surface area contributed by atoms with Gasteiger partial charge in [0.25, 0.3) is 0 Å². The Balaban J connectivity index is 1.68. The number of carbonyl (C=O) groups is 1. The van der Waals surface area contributed by atoms with E-state index < -0.39 is 0 Å². The number of hydrogen-bond acceptors (Lipinski definition) is 6. The lowest BCUT2D eigenvalue weighted by Crippen LogP contribution is -2.38. The number of aromatic nitrogens is 2. The Labute approximate surface area is 155 Å². The van der Waals surface area contributed by atoms with Crippen molar-refractivity contribution in [1.82, 2.24) is 15.1 Å². The highest BCUT2D eigenvalue weighted by Crippen LogP contribution is 2.31. The zero-order valence-electron chi connectivity index (χ0n) is 13.8. The van der Waals surface area contributed by atoms with E-state index in [0.717, 1.165) is 5.56 Å². The van der Waals surface area contributed by atoms with Crippen LogP contribution in [-0.4, -0.2) is 46.0 Å². The molecule has 0 aliphatic carbocycles. The van der Waals surface area contributed by atoms with Gasteiger partial charge in [-0.1, -0.05) is 36.1 Å². The number of thiocarbonyl (C=S) groups is 1. The Morgan fingerprint density at radius 1 is 1.48 bits per heavy atom. The van der Waals surface area contributed by atoms with Crippen molar-refractivity contribution < 1.29 is 14.3 Å². The average Bonchev–Trinajstić information content (AvgIpc) is 3.23. The van der Waals surface area contributed by atoms with Gasteiger partial charge in [0.15, 0.2) is 11.5 Å². The normalized spacial score (nSPS) is 16.4. The number of hydrogen-bond donors (Lipinski definition) is 2. The molecule has 25 heavy (non-hydrogen) atoms. The number of rotatable bonds is 6. The Hall–Kier alpha value is -2.26. The molecular weight excluding hydrogens is 360 g/mol. The molecule has 0 radical (unpaired) electrons. The van der Waals surface area contributed by atoms with Gasteiger partial charge in [-0.15, -0.1) is 0 Å². The summed E-state index contributed by atoms with van der Waals surface area (Å²) in [6, 6.07) is 5.38. The first-order chi connectivity index (χ1) is 12.1. The molecule has 1 fully saturated rings. The number of carbonyl (C=O) groups excluding carboxylic acids is 1. The third kappa shape index (κ3) is 4.05. The van der Waals surface area contributed by atoms with E-state index >= 15 is 0 Å². The van der Waals surface area contributed by atoms with Crippen LogP contribution in [0.25, 0.3) is 0 Å². The molecule has 1 atom stereocenters. The van der Waals surface area contributed by atoms with Crippen LogP contribution in [-0.2, 0) is 11.3 Å². The Morgan fingerprint density at radius 2 is 2.32 bits per heavy atom. The van der Waals surface area contributed by atoms with E-state index in [0.29, 0.717) is 33.8 Å². The number of amides is 1. The first kappa shape index (κ1) is 17.6. The molecule has 0 saturated carbocycles. The van der Waals surface area contributed by atoms with Crippen LogP contribution in [0.15, 0.2) is 30.6 Å². The number of ether oxygens (including phenoxy) is 2. The van der Waals surface area contributed by atoms with E-state index in [1.54, 1.807) is 31.3 Å². The highest BCUT2D eigenvalue weighted by Gasteiger charge is 2.26. The van der Waals surface area contributed by atoms with Gasteiger partial charge >= 0.3 is 0 Å². The number of nitrogens with one attached hydrogen (secondary N) is 2. The topological polar surface area (TPSA) is 77.4 Å². The molecule has 0 spiro atoms. The van der Waals surface area contributed by atoms with Crippen molar-refractivity contribution in [2.24, 2.45) is 0 Å². The van der Waals surface area contributed by atoms with Gasteiger partial charge in [-0.3, -0.25) is 9.48 Å². The Bertz CT molecular complexity index is 793. The van der Waals surface area contributed by atoms with Crippen molar-refractivity contribution in [3.63, 3.8) is 0 Å². The van der Waals surface area contributed by atoms with Crippen molar-refractivity contribution >= 4 is 39.9 Å². The molecule has 1 aromatic heterocycles. The van der Waals surface area contributed by atoms with Gasteiger partial charge in [-0.25, -0.2) is 0 Å². The maximum Gasteiger partial charge on any atom is 0.247 e. The lowest BCUT2D eigenvalue weighted by molar-refractivity contribution is -0.117. The van der Waals surface area contributed by atoms with Crippen LogP contribution in [0.2, 0.25) is 0 Å². The SMILES string of the molecule is COc1cccc(Cn2cc(NC(=O)C3CSC(=S)N3)cn2)c1OC. The molecule has 1 unspecified atom stereocenters. The second kappa shape index (κ2) is 7.75.